The van der Waals surface area contributed by atoms with E-state index < -0.39 is 9.84 Å². The van der Waals surface area contributed by atoms with Crippen LogP contribution < -0.4 is 19.5 Å². The van der Waals surface area contributed by atoms with Crippen molar-refractivity contribution in [2.75, 3.05) is 26.1 Å². The molecule has 0 aliphatic carbocycles. The van der Waals surface area contributed by atoms with Crippen LogP contribution >= 0.6 is 12.9 Å². The number of hydrogen-bond acceptors (Lipinski definition) is 8. The minimum absolute atomic E-state index is 0.0208. The number of ether oxygens (including phenoxy) is 3. The molecule has 0 unspecified atom stereocenters. The van der Waals surface area contributed by atoms with Gasteiger partial charge in [-0.3, -0.25) is 4.79 Å². The zero-order valence-electron chi connectivity index (χ0n) is 25.7. The molecule has 0 atom stereocenters. The van der Waals surface area contributed by atoms with Crippen LogP contribution in [0, 0.1) is 34.6 Å². The molecule has 0 aromatic heterocycles. The highest BCUT2D eigenvalue weighted by Crippen LogP contribution is 2.45. The molecule has 0 saturated carbocycles. The molecule has 3 aromatic carbocycles. The standard InChI is InChI=1S/C32H38N2O7S2/c1-19-20(2)22(4)31(23(5)21(19)3)43(36,37)32-27(13-14-28(38-6)30(32)39-7)34(41-42)16-8-9-17-40-25-11-12-26-24(18-25)10-15-29(35)33-26/h11-14,16,18H,8-10,15,17H2,1-7H3,(H-,33,35,42)/p+1. The summed E-state index contributed by atoms with van der Waals surface area (Å²) in [5.74, 6) is 1.09. The molecular weight excluding hydrogens is 588 g/mol. The summed E-state index contributed by atoms with van der Waals surface area (Å²) >= 11 is 4.06. The Kier molecular flexibility index (Phi) is 9.96. The van der Waals surface area contributed by atoms with Gasteiger partial charge in [0.1, 0.15) is 18.7 Å². The number of hydrogen-bond donors (Lipinski definition) is 2. The van der Waals surface area contributed by atoms with E-state index in [1.165, 1.54) is 19.0 Å². The predicted octanol–water partition coefficient (Wildman–Crippen LogP) is 6.31. The van der Waals surface area contributed by atoms with E-state index >= 15 is 0 Å². The number of aryl methyl sites for hydroxylation is 1. The van der Waals surface area contributed by atoms with Gasteiger partial charge in [0.25, 0.3) is 5.69 Å². The minimum atomic E-state index is -4.14. The monoisotopic (exact) mass is 627 g/mol. The van der Waals surface area contributed by atoms with Crippen LogP contribution in [0.25, 0.3) is 0 Å². The van der Waals surface area contributed by atoms with Crippen molar-refractivity contribution in [3.05, 3.63) is 63.7 Å². The normalized spacial score (nSPS) is 13.3. The maximum Gasteiger partial charge on any atom is 0.281 e. The van der Waals surface area contributed by atoms with Crippen LogP contribution in [0.1, 0.15) is 52.6 Å². The topological polar surface area (TPSA) is 103 Å². The first kappa shape index (κ1) is 32.2. The zero-order valence-corrected chi connectivity index (χ0v) is 27.4. The van der Waals surface area contributed by atoms with Crippen molar-refractivity contribution in [2.24, 2.45) is 0 Å². The van der Waals surface area contributed by atoms with Crippen LogP contribution in [0.5, 0.6) is 17.2 Å². The number of sulfone groups is 1. The summed E-state index contributed by atoms with van der Waals surface area (Å²) in [6.07, 6.45) is 3.96. The van der Waals surface area contributed by atoms with Gasteiger partial charge in [0.2, 0.25) is 22.0 Å². The fourth-order valence-corrected chi connectivity index (χ4v) is 7.73. The Morgan fingerprint density at radius 3 is 2.21 bits per heavy atom. The highest BCUT2D eigenvalue weighted by atomic mass is 32.2. The van der Waals surface area contributed by atoms with Gasteiger partial charge >= 0.3 is 0 Å². The molecule has 0 fully saturated rings. The number of fused-ring (bicyclic) bond motifs is 1. The lowest BCUT2D eigenvalue weighted by Gasteiger charge is -2.20. The average Bonchev–Trinajstić information content (AvgIpc) is 3.00. The maximum absolute atomic E-state index is 14.5. The molecule has 11 heteroatoms. The lowest BCUT2D eigenvalue weighted by molar-refractivity contribution is -0.674. The van der Waals surface area contributed by atoms with Gasteiger partial charge in [0, 0.05) is 29.3 Å². The quantitative estimate of drug-likeness (QED) is 0.0641. The van der Waals surface area contributed by atoms with Crippen molar-refractivity contribution in [3.63, 3.8) is 0 Å². The van der Waals surface area contributed by atoms with Crippen LogP contribution in [-0.4, -0.2) is 46.1 Å². The molecule has 1 N–H and O–H groups in total. The summed E-state index contributed by atoms with van der Waals surface area (Å²) in [5, 5.41) is 2.87. The lowest BCUT2D eigenvalue weighted by Crippen LogP contribution is -2.18. The lowest BCUT2D eigenvalue weighted by atomic mass is 9.95. The smallest absolute Gasteiger partial charge is 0.281 e. The Labute approximate surface area is 259 Å². The van der Waals surface area contributed by atoms with Gasteiger partial charge < -0.3 is 19.5 Å². The number of thiol groups is 1. The number of anilines is 1. The number of carbonyl (C=O) groups is 1. The van der Waals surface area contributed by atoms with Gasteiger partial charge in [0.15, 0.2) is 16.4 Å². The molecule has 230 valence electrons. The molecule has 0 bridgehead atoms. The first-order valence-corrected chi connectivity index (χ1v) is 15.9. The SMILES string of the molecule is COc1ccc([N+](=CCCCOc2ccc3c(c2)CCC(=O)N3)OS)c(S(=O)(=O)c2c(C)c(C)c(C)c(C)c2C)c1OC. The van der Waals surface area contributed by atoms with Gasteiger partial charge in [0.05, 0.1) is 25.7 Å². The van der Waals surface area contributed by atoms with Crippen LogP contribution in [0.3, 0.4) is 0 Å². The third-order valence-electron chi connectivity index (χ3n) is 8.16. The van der Waals surface area contributed by atoms with E-state index in [2.05, 4.69) is 18.2 Å². The molecule has 1 aliphatic heterocycles. The van der Waals surface area contributed by atoms with E-state index in [1.54, 1.807) is 18.3 Å². The summed E-state index contributed by atoms with van der Waals surface area (Å²) in [5.41, 5.74) is 6.36. The Morgan fingerprint density at radius 2 is 1.58 bits per heavy atom. The number of nitrogens with zero attached hydrogens (tertiary/aromatic N) is 1. The Morgan fingerprint density at radius 1 is 0.907 bits per heavy atom. The molecule has 43 heavy (non-hydrogen) atoms. The fourth-order valence-electron chi connectivity index (χ4n) is 5.40. The highest BCUT2D eigenvalue weighted by molar-refractivity contribution is 7.91. The summed E-state index contributed by atoms with van der Waals surface area (Å²) in [4.78, 5) is 11.8. The number of unbranched alkanes of at least 4 members (excludes halogenated alkanes) is 1. The molecule has 3 aromatic rings. The van der Waals surface area contributed by atoms with Crippen molar-refractivity contribution in [1.82, 2.24) is 0 Å². The Bertz CT molecular complexity index is 1670. The van der Waals surface area contributed by atoms with Gasteiger partial charge in [-0.15, -0.1) is 0 Å². The van der Waals surface area contributed by atoms with Crippen LogP contribution in [-0.2, 0) is 25.3 Å². The number of carbonyl (C=O) groups excluding carboxylic acids is 1. The summed E-state index contributed by atoms with van der Waals surface area (Å²) < 4.78 is 52.8. The van der Waals surface area contributed by atoms with Crippen LogP contribution in [0.15, 0.2) is 40.1 Å². The third-order valence-corrected chi connectivity index (χ3v) is 10.4. The van der Waals surface area contributed by atoms with Crippen molar-refractivity contribution < 1.29 is 36.4 Å². The van der Waals surface area contributed by atoms with Crippen molar-refractivity contribution in [1.29, 1.82) is 0 Å². The van der Waals surface area contributed by atoms with Crippen molar-refractivity contribution in [2.45, 2.75) is 70.1 Å². The van der Waals surface area contributed by atoms with Gasteiger partial charge in [-0.2, -0.15) is 4.28 Å². The molecule has 0 radical (unpaired) electrons. The third kappa shape index (κ3) is 6.33. The first-order chi connectivity index (χ1) is 20.5. The number of nitrogens with one attached hydrogen (secondary N) is 1. The molecule has 1 heterocycles. The van der Waals surface area contributed by atoms with Crippen molar-refractivity contribution in [3.8, 4) is 17.2 Å². The van der Waals surface area contributed by atoms with E-state index in [0.29, 0.717) is 43.4 Å². The van der Waals surface area contributed by atoms with E-state index in [9.17, 15) is 13.2 Å². The largest absolute Gasteiger partial charge is 0.494 e. The van der Waals surface area contributed by atoms with Gasteiger partial charge in [-0.05, 0) is 105 Å². The van der Waals surface area contributed by atoms with E-state index in [0.717, 1.165) is 33.7 Å². The molecule has 9 nitrogen and oxygen atoms in total. The highest BCUT2D eigenvalue weighted by Gasteiger charge is 2.37. The number of benzene rings is 3. The summed E-state index contributed by atoms with van der Waals surface area (Å²) in [6, 6.07) is 8.87. The Balaban J connectivity index is 1.65. The number of rotatable bonds is 11. The second kappa shape index (κ2) is 13.3. The van der Waals surface area contributed by atoms with Crippen LogP contribution in [0.2, 0.25) is 0 Å². The number of amides is 1. The molecular formula is C32H39N2O7S2+. The second-order valence-corrected chi connectivity index (χ2v) is 12.5. The van der Waals surface area contributed by atoms with Gasteiger partial charge in [-0.25, -0.2) is 8.42 Å². The first-order valence-electron chi connectivity index (χ1n) is 14.0. The van der Waals surface area contributed by atoms with E-state index in [-0.39, 0.29) is 32.9 Å². The van der Waals surface area contributed by atoms with Gasteiger partial charge in [-0.1, -0.05) is 0 Å². The van der Waals surface area contributed by atoms with E-state index in [4.69, 9.17) is 18.5 Å². The summed E-state index contributed by atoms with van der Waals surface area (Å²) in [6.45, 7) is 9.93. The number of methoxy groups -OCH3 is 2. The minimum Gasteiger partial charge on any atom is -0.494 e. The second-order valence-electron chi connectivity index (χ2n) is 10.6. The molecule has 0 spiro atoms. The molecule has 0 saturated heterocycles. The zero-order chi connectivity index (χ0) is 31.5. The molecule has 1 aliphatic rings. The fraction of sp³-hybridized carbons (Fsp3) is 0.375. The maximum atomic E-state index is 14.5. The average molecular weight is 628 g/mol. The van der Waals surface area contributed by atoms with Crippen molar-refractivity contribution >= 4 is 46.2 Å². The summed E-state index contributed by atoms with van der Waals surface area (Å²) in [7, 11) is -1.27. The molecule has 1 amide bonds. The van der Waals surface area contributed by atoms with E-state index in [1.807, 2.05) is 52.8 Å². The van der Waals surface area contributed by atoms with Crippen LogP contribution in [0.4, 0.5) is 11.4 Å². The molecule has 4 rings (SSSR count). The Hall–Kier alpha value is -3.70. The predicted molar refractivity (Wildman–Crippen MR) is 169 cm³/mol.